The lowest BCUT2D eigenvalue weighted by Crippen LogP contribution is -2.51. The van der Waals surface area contributed by atoms with Gasteiger partial charge in [0.25, 0.3) is 0 Å². The predicted octanol–water partition coefficient (Wildman–Crippen LogP) is 2.58. The van der Waals surface area contributed by atoms with E-state index in [4.69, 9.17) is 5.73 Å². The van der Waals surface area contributed by atoms with Gasteiger partial charge in [0.1, 0.15) is 11.9 Å². The topological polar surface area (TPSA) is 66.6 Å². The molecule has 0 spiro atoms. The van der Waals surface area contributed by atoms with Gasteiger partial charge < -0.3 is 15.5 Å². The van der Waals surface area contributed by atoms with Crippen molar-refractivity contribution in [3.63, 3.8) is 0 Å². The molecule has 1 aromatic carbocycles. The fourth-order valence-electron chi connectivity index (χ4n) is 3.38. The van der Waals surface area contributed by atoms with E-state index in [9.17, 15) is 14.0 Å². The van der Waals surface area contributed by atoms with Gasteiger partial charge in [0, 0.05) is 20.1 Å². The number of hydrogen-bond donors (Lipinski definition) is 1. The Morgan fingerprint density at radius 1 is 1.36 bits per heavy atom. The van der Waals surface area contributed by atoms with E-state index in [1.807, 2.05) is 13.8 Å². The van der Waals surface area contributed by atoms with Crippen LogP contribution < -0.4 is 10.6 Å². The number of rotatable bonds is 6. The molecule has 1 aliphatic heterocycles. The first kappa shape index (κ1) is 21.4. The lowest BCUT2D eigenvalue weighted by atomic mass is 9.80. The van der Waals surface area contributed by atoms with Crippen LogP contribution in [0.2, 0.25) is 0 Å². The summed E-state index contributed by atoms with van der Waals surface area (Å²) in [5, 5.41) is 0. The largest absolute Gasteiger partial charge is 0.333 e. The fraction of sp³-hybridized carbons (Fsp3) is 0.556. The number of benzene rings is 1. The van der Waals surface area contributed by atoms with Crippen molar-refractivity contribution in [2.75, 3.05) is 25.0 Å². The minimum Gasteiger partial charge on any atom is -0.333 e. The first-order valence-corrected chi connectivity index (χ1v) is 8.45. The third-order valence-electron chi connectivity index (χ3n) is 5.31. The SMILES string of the molecule is CCC(CC)(CN)C(=O)N(C)C1CCN(c2ccccc2F)C1=O.Cl. The second-order valence-electron chi connectivity index (χ2n) is 6.35. The van der Waals surface area contributed by atoms with Gasteiger partial charge in [-0.1, -0.05) is 26.0 Å². The maximum atomic E-state index is 14.0. The minimum atomic E-state index is -0.638. The van der Waals surface area contributed by atoms with Gasteiger partial charge in [-0.3, -0.25) is 9.59 Å². The molecule has 1 saturated heterocycles. The van der Waals surface area contributed by atoms with Crippen LogP contribution in [0.5, 0.6) is 0 Å². The van der Waals surface area contributed by atoms with Crippen molar-refractivity contribution in [3.05, 3.63) is 30.1 Å². The summed E-state index contributed by atoms with van der Waals surface area (Å²) in [6.07, 6.45) is 1.74. The van der Waals surface area contributed by atoms with Crippen LogP contribution in [0.1, 0.15) is 33.1 Å². The van der Waals surface area contributed by atoms with Crippen LogP contribution in [0.25, 0.3) is 0 Å². The van der Waals surface area contributed by atoms with Gasteiger partial charge in [-0.2, -0.15) is 0 Å². The van der Waals surface area contributed by atoms with E-state index in [-0.39, 0.29) is 36.5 Å². The van der Waals surface area contributed by atoms with Gasteiger partial charge in [-0.25, -0.2) is 4.39 Å². The van der Waals surface area contributed by atoms with Crippen molar-refractivity contribution in [2.24, 2.45) is 11.1 Å². The zero-order valence-electron chi connectivity index (χ0n) is 15.0. The van der Waals surface area contributed by atoms with Gasteiger partial charge in [-0.15, -0.1) is 12.4 Å². The molecule has 0 aromatic heterocycles. The number of nitrogens with two attached hydrogens (primary N) is 1. The van der Waals surface area contributed by atoms with Crippen LogP contribution in [0, 0.1) is 11.2 Å². The van der Waals surface area contributed by atoms with Crippen molar-refractivity contribution >= 4 is 29.9 Å². The molecule has 1 aromatic rings. The van der Waals surface area contributed by atoms with Crippen LogP contribution in [-0.2, 0) is 9.59 Å². The Morgan fingerprint density at radius 2 is 1.96 bits per heavy atom. The van der Waals surface area contributed by atoms with Gasteiger partial charge >= 0.3 is 0 Å². The summed E-state index contributed by atoms with van der Waals surface area (Å²) in [4.78, 5) is 28.6. The average Bonchev–Trinajstić information content (AvgIpc) is 2.98. The second-order valence-corrected chi connectivity index (χ2v) is 6.35. The number of para-hydroxylation sites is 1. The molecule has 25 heavy (non-hydrogen) atoms. The van der Waals surface area contributed by atoms with E-state index in [0.29, 0.717) is 25.8 Å². The summed E-state index contributed by atoms with van der Waals surface area (Å²) in [7, 11) is 1.64. The Hall–Kier alpha value is -1.66. The monoisotopic (exact) mass is 371 g/mol. The summed E-state index contributed by atoms with van der Waals surface area (Å²) in [6, 6.07) is 5.63. The van der Waals surface area contributed by atoms with Crippen molar-refractivity contribution in [2.45, 2.75) is 39.2 Å². The van der Waals surface area contributed by atoms with Crippen LogP contribution in [0.3, 0.4) is 0 Å². The minimum absolute atomic E-state index is 0. The third kappa shape index (κ3) is 3.80. The van der Waals surface area contributed by atoms with E-state index in [1.165, 1.54) is 15.9 Å². The maximum Gasteiger partial charge on any atom is 0.249 e. The highest BCUT2D eigenvalue weighted by Crippen LogP contribution is 2.31. The number of carbonyl (C=O) groups is 2. The highest BCUT2D eigenvalue weighted by molar-refractivity contribution is 6.01. The molecule has 1 heterocycles. The highest BCUT2D eigenvalue weighted by atomic mass is 35.5. The molecule has 1 aliphatic rings. The van der Waals surface area contributed by atoms with E-state index >= 15 is 0 Å². The first-order chi connectivity index (χ1) is 11.4. The third-order valence-corrected chi connectivity index (χ3v) is 5.31. The molecule has 7 heteroatoms. The molecular formula is C18H27ClFN3O2. The Balaban J connectivity index is 0.00000312. The van der Waals surface area contributed by atoms with Crippen LogP contribution in [-0.4, -0.2) is 42.9 Å². The van der Waals surface area contributed by atoms with Gasteiger partial charge in [0.05, 0.1) is 11.1 Å². The number of likely N-dealkylation sites (N-methyl/N-ethyl adjacent to an activating group) is 1. The summed E-state index contributed by atoms with van der Waals surface area (Å²) >= 11 is 0. The number of nitrogens with zero attached hydrogens (tertiary/aromatic N) is 2. The summed E-state index contributed by atoms with van der Waals surface area (Å²) in [6.45, 7) is 4.52. The molecule has 0 saturated carbocycles. The van der Waals surface area contributed by atoms with Crippen LogP contribution in [0.4, 0.5) is 10.1 Å². The number of amides is 2. The summed E-state index contributed by atoms with van der Waals surface area (Å²) in [5.41, 5.74) is 5.47. The van der Waals surface area contributed by atoms with Crippen molar-refractivity contribution < 1.29 is 14.0 Å². The van der Waals surface area contributed by atoms with Crippen LogP contribution in [0.15, 0.2) is 24.3 Å². The molecule has 5 nitrogen and oxygen atoms in total. The number of hydrogen-bond acceptors (Lipinski definition) is 3. The fourth-order valence-corrected chi connectivity index (χ4v) is 3.38. The summed E-state index contributed by atoms with van der Waals surface area (Å²) < 4.78 is 14.0. The van der Waals surface area contributed by atoms with Crippen molar-refractivity contribution in [1.82, 2.24) is 4.90 Å². The second kappa shape index (κ2) is 8.63. The predicted molar refractivity (Wildman–Crippen MR) is 99.2 cm³/mol. The van der Waals surface area contributed by atoms with E-state index in [0.717, 1.165) is 0 Å². The summed E-state index contributed by atoms with van der Waals surface area (Å²) in [5.74, 6) is -0.781. The van der Waals surface area contributed by atoms with Crippen LogP contribution >= 0.6 is 12.4 Å². The van der Waals surface area contributed by atoms with Gasteiger partial charge in [0.15, 0.2) is 0 Å². The smallest absolute Gasteiger partial charge is 0.249 e. The molecular weight excluding hydrogens is 345 g/mol. The zero-order chi connectivity index (χ0) is 17.9. The Morgan fingerprint density at radius 3 is 2.48 bits per heavy atom. The molecule has 140 valence electrons. The molecule has 1 fully saturated rings. The van der Waals surface area contributed by atoms with E-state index in [1.54, 1.807) is 25.2 Å². The Labute approximate surface area is 154 Å². The maximum absolute atomic E-state index is 14.0. The van der Waals surface area contributed by atoms with Crippen molar-refractivity contribution in [3.8, 4) is 0 Å². The number of anilines is 1. The molecule has 2 N–H and O–H groups in total. The van der Waals surface area contributed by atoms with Gasteiger partial charge in [-0.05, 0) is 31.4 Å². The molecule has 2 amide bonds. The Bertz CT molecular complexity index is 614. The Kier molecular flexibility index (Phi) is 7.38. The van der Waals surface area contributed by atoms with Gasteiger partial charge in [0.2, 0.25) is 11.8 Å². The normalized spacial score (nSPS) is 17.4. The molecule has 2 rings (SSSR count). The first-order valence-electron chi connectivity index (χ1n) is 8.45. The lowest BCUT2D eigenvalue weighted by molar-refractivity contribution is -0.145. The standard InChI is InChI=1S/C18H26FN3O2.ClH/c1-4-18(5-2,12-20)17(24)21(3)15-10-11-22(16(15)23)14-9-7-6-8-13(14)19;/h6-9,15H,4-5,10-12,20H2,1-3H3;1H. The highest BCUT2D eigenvalue weighted by Gasteiger charge is 2.43. The molecule has 1 atom stereocenters. The number of carbonyl (C=O) groups excluding carboxylic acids is 2. The zero-order valence-corrected chi connectivity index (χ0v) is 15.8. The lowest BCUT2D eigenvalue weighted by Gasteiger charge is -2.35. The molecule has 0 radical (unpaired) electrons. The average molecular weight is 372 g/mol. The van der Waals surface area contributed by atoms with Crippen molar-refractivity contribution in [1.29, 1.82) is 0 Å². The molecule has 1 unspecified atom stereocenters. The van der Waals surface area contributed by atoms with E-state index in [2.05, 4.69) is 0 Å². The molecule has 0 aliphatic carbocycles. The molecule has 0 bridgehead atoms. The quantitative estimate of drug-likeness (QED) is 0.835. The van der Waals surface area contributed by atoms with E-state index < -0.39 is 17.3 Å². The number of halogens is 2.